The number of benzene rings is 1. The zero-order chi connectivity index (χ0) is 18.8. The van der Waals surface area contributed by atoms with Crippen LogP contribution < -0.4 is 16.6 Å². The molecule has 1 amide bonds. The molecule has 2 aromatic rings. The predicted molar refractivity (Wildman–Crippen MR) is 83.2 cm³/mol. The van der Waals surface area contributed by atoms with Gasteiger partial charge in [0.05, 0.1) is 5.56 Å². The first kappa shape index (κ1) is 18.2. The highest BCUT2D eigenvalue weighted by atomic mass is 19.4. The maximum absolute atomic E-state index is 12.6. The number of alkyl halides is 3. The van der Waals surface area contributed by atoms with Crippen molar-refractivity contribution in [3.8, 4) is 0 Å². The third kappa shape index (κ3) is 4.43. The minimum atomic E-state index is -4.50. The van der Waals surface area contributed by atoms with Crippen molar-refractivity contribution in [2.75, 3.05) is 0 Å². The lowest BCUT2D eigenvalue weighted by molar-refractivity contribution is -0.137. The van der Waals surface area contributed by atoms with Gasteiger partial charge in [-0.2, -0.15) is 13.2 Å². The summed E-state index contributed by atoms with van der Waals surface area (Å²) in [7, 11) is 0. The van der Waals surface area contributed by atoms with Crippen molar-refractivity contribution in [1.29, 1.82) is 5.41 Å². The summed E-state index contributed by atoms with van der Waals surface area (Å²) in [4.78, 5) is 29.8. The second-order valence-electron chi connectivity index (χ2n) is 5.20. The number of nitrogens with two attached hydrogens (primary N) is 1. The Morgan fingerprint density at radius 2 is 1.92 bits per heavy atom. The second kappa shape index (κ2) is 6.75. The van der Waals surface area contributed by atoms with Crippen LogP contribution in [0.3, 0.4) is 0 Å². The van der Waals surface area contributed by atoms with Crippen molar-refractivity contribution in [2.45, 2.75) is 19.1 Å². The number of amidine groups is 1. The molecular weight excluding hydrogens is 339 g/mol. The standard InChI is InChI=1S/C15H14F3N5O2/c1-7-21-10(6-11(24)22-7)14(25)23-12(13(19)20)8-2-4-9(5-3-8)15(16,17)18/h2-6,12H,1H3,(H3,19,20)(H,23,25)(H,21,22,24). The summed E-state index contributed by atoms with van der Waals surface area (Å²) < 4.78 is 37.8. The van der Waals surface area contributed by atoms with Gasteiger partial charge in [0.1, 0.15) is 23.4 Å². The Bertz CT molecular complexity index is 859. The van der Waals surface area contributed by atoms with Crippen LogP contribution in [-0.2, 0) is 6.18 Å². The number of aryl methyl sites for hydroxylation is 1. The summed E-state index contributed by atoms with van der Waals surface area (Å²) in [6.45, 7) is 1.48. The van der Waals surface area contributed by atoms with E-state index in [1.807, 2.05) is 0 Å². The number of nitrogens with zero attached hydrogens (tertiary/aromatic N) is 1. The van der Waals surface area contributed by atoms with Crippen LogP contribution in [0.2, 0.25) is 0 Å². The zero-order valence-electron chi connectivity index (χ0n) is 12.9. The van der Waals surface area contributed by atoms with Crippen molar-refractivity contribution in [2.24, 2.45) is 5.73 Å². The fourth-order valence-electron chi connectivity index (χ4n) is 2.11. The summed E-state index contributed by atoms with van der Waals surface area (Å²) in [5.74, 6) is -1.05. The van der Waals surface area contributed by atoms with E-state index in [1.54, 1.807) is 0 Å². The number of halogens is 3. The molecule has 1 aromatic carbocycles. The first-order chi connectivity index (χ1) is 11.6. The molecule has 132 valence electrons. The van der Waals surface area contributed by atoms with E-state index in [0.717, 1.165) is 30.3 Å². The molecule has 0 spiro atoms. The van der Waals surface area contributed by atoms with Gasteiger partial charge in [0.15, 0.2) is 0 Å². The lowest BCUT2D eigenvalue weighted by Crippen LogP contribution is -2.38. The molecule has 5 N–H and O–H groups in total. The molecular formula is C15H14F3N5O2. The fourth-order valence-corrected chi connectivity index (χ4v) is 2.11. The summed E-state index contributed by atoms with van der Waals surface area (Å²) in [6, 6.07) is 3.69. The maximum atomic E-state index is 12.6. The smallest absolute Gasteiger partial charge is 0.386 e. The minimum absolute atomic E-state index is 0.190. The first-order valence-electron chi connectivity index (χ1n) is 6.98. The van der Waals surface area contributed by atoms with Crippen LogP contribution in [0.15, 0.2) is 35.1 Å². The number of aromatic amines is 1. The largest absolute Gasteiger partial charge is 0.416 e. The molecule has 0 radical (unpaired) electrons. The molecule has 10 heteroatoms. The van der Waals surface area contributed by atoms with Crippen LogP contribution >= 0.6 is 0 Å². The number of carbonyl (C=O) groups is 1. The summed E-state index contributed by atoms with van der Waals surface area (Å²) >= 11 is 0. The summed E-state index contributed by atoms with van der Waals surface area (Å²) in [6.07, 6.45) is -4.50. The molecule has 0 aliphatic rings. The Kier molecular flexibility index (Phi) is 4.91. The molecule has 25 heavy (non-hydrogen) atoms. The van der Waals surface area contributed by atoms with Gasteiger partial charge in [-0.1, -0.05) is 12.1 Å². The van der Waals surface area contributed by atoms with Crippen LogP contribution in [0, 0.1) is 12.3 Å². The Hall–Kier alpha value is -3.17. The molecule has 0 fully saturated rings. The maximum Gasteiger partial charge on any atom is 0.416 e. The predicted octanol–water partition coefficient (Wildman–Crippen LogP) is 1.50. The van der Waals surface area contributed by atoms with Crippen molar-refractivity contribution in [3.63, 3.8) is 0 Å². The number of hydrogen-bond acceptors (Lipinski definition) is 4. The topological polar surface area (TPSA) is 125 Å². The van der Waals surface area contributed by atoms with Gasteiger partial charge in [0.2, 0.25) is 0 Å². The van der Waals surface area contributed by atoms with Crippen LogP contribution in [0.4, 0.5) is 13.2 Å². The van der Waals surface area contributed by atoms with Crippen molar-refractivity contribution in [3.05, 3.63) is 63.3 Å². The monoisotopic (exact) mass is 353 g/mol. The van der Waals surface area contributed by atoms with Gasteiger partial charge in [0, 0.05) is 6.07 Å². The number of aromatic nitrogens is 2. The zero-order valence-corrected chi connectivity index (χ0v) is 12.9. The Morgan fingerprint density at radius 1 is 1.32 bits per heavy atom. The van der Waals surface area contributed by atoms with E-state index in [2.05, 4.69) is 15.3 Å². The van der Waals surface area contributed by atoms with E-state index in [4.69, 9.17) is 11.1 Å². The second-order valence-corrected chi connectivity index (χ2v) is 5.20. The van der Waals surface area contributed by atoms with E-state index in [9.17, 15) is 22.8 Å². The van der Waals surface area contributed by atoms with E-state index in [1.165, 1.54) is 6.92 Å². The van der Waals surface area contributed by atoms with Gasteiger partial charge in [-0.15, -0.1) is 0 Å². The van der Waals surface area contributed by atoms with Gasteiger partial charge < -0.3 is 16.0 Å². The number of nitrogens with one attached hydrogen (secondary N) is 3. The van der Waals surface area contributed by atoms with E-state index < -0.39 is 35.1 Å². The molecule has 0 aliphatic carbocycles. The van der Waals surface area contributed by atoms with Crippen molar-refractivity contribution >= 4 is 11.7 Å². The van der Waals surface area contributed by atoms with Gasteiger partial charge in [-0.25, -0.2) is 4.98 Å². The number of rotatable bonds is 4. The molecule has 1 atom stereocenters. The normalized spacial score (nSPS) is 12.5. The van der Waals surface area contributed by atoms with Gasteiger partial charge >= 0.3 is 6.18 Å². The molecule has 1 unspecified atom stereocenters. The number of hydrogen-bond donors (Lipinski definition) is 4. The molecule has 2 rings (SSSR count). The van der Waals surface area contributed by atoms with Gasteiger partial charge in [0.25, 0.3) is 11.5 Å². The minimum Gasteiger partial charge on any atom is -0.386 e. The third-order valence-electron chi connectivity index (χ3n) is 3.25. The average Bonchev–Trinajstić information content (AvgIpc) is 2.50. The SMILES string of the molecule is Cc1nc(C(=O)NC(C(=N)N)c2ccc(C(F)(F)F)cc2)cc(=O)[nH]1. The van der Waals surface area contributed by atoms with Crippen molar-refractivity contribution in [1.82, 2.24) is 15.3 Å². The molecule has 0 bridgehead atoms. The number of amides is 1. The average molecular weight is 353 g/mol. The van der Waals surface area contributed by atoms with Gasteiger partial charge in [-0.3, -0.25) is 15.0 Å². The van der Waals surface area contributed by atoms with E-state index >= 15 is 0 Å². The Labute approximate surface area is 139 Å². The van der Waals surface area contributed by atoms with Crippen LogP contribution in [0.25, 0.3) is 0 Å². The van der Waals surface area contributed by atoms with Crippen LogP contribution in [-0.4, -0.2) is 21.7 Å². The quantitative estimate of drug-likeness (QED) is 0.491. The molecule has 7 nitrogen and oxygen atoms in total. The lowest BCUT2D eigenvalue weighted by Gasteiger charge is -2.18. The van der Waals surface area contributed by atoms with Crippen LogP contribution in [0.1, 0.15) is 33.5 Å². The Balaban J connectivity index is 2.28. The third-order valence-corrected chi connectivity index (χ3v) is 3.25. The van der Waals surface area contributed by atoms with Crippen LogP contribution in [0.5, 0.6) is 0 Å². The lowest BCUT2D eigenvalue weighted by atomic mass is 10.0. The fraction of sp³-hybridized carbons (Fsp3) is 0.200. The molecule has 1 aromatic heterocycles. The summed E-state index contributed by atoms with van der Waals surface area (Å²) in [5, 5.41) is 9.94. The van der Waals surface area contributed by atoms with Gasteiger partial charge in [-0.05, 0) is 24.6 Å². The molecule has 0 saturated heterocycles. The Morgan fingerprint density at radius 3 is 2.40 bits per heavy atom. The molecule has 0 aliphatic heterocycles. The number of H-pyrrole nitrogens is 1. The summed E-state index contributed by atoms with van der Waals surface area (Å²) in [5.41, 5.74) is 4.03. The number of carbonyl (C=O) groups excluding carboxylic acids is 1. The molecule has 1 heterocycles. The first-order valence-corrected chi connectivity index (χ1v) is 6.98. The highest BCUT2D eigenvalue weighted by Gasteiger charge is 2.30. The molecule has 0 saturated carbocycles. The highest BCUT2D eigenvalue weighted by Crippen LogP contribution is 2.29. The van der Waals surface area contributed by atoms with E-state index in [-0.39, 0.29) is 17.1 Å². The van der Waals surface area contributed by atoms with E-state index in [0.29, 0.717) is 0 Å². The van der Waals surface area contributed by atoms with Crippen molar-refractivity contribution < 1.29 is 18.0 Å². The highest BCUT2D eigenvalue weighted by molar-refractivity contribution is 5.96.